The second-order valence-electron chi connectivity index (χ2n) is 6.59. The molecule has 27 heavy (non-hydrogen) atoms. The van der Waals surface area contributed by atoms with Crippen molar-refractivity contribution in [3.8, 4) is 11.5 Å². The van der Waals surface area contributed by atoms with E-state index in [2.05, 4.69) is 9.71 Å². The van der Waals surface area contributed by atoms with E-state index in [9.17, 15) is 8.42 Å². The van der Waals surface area contributed by atoms with Gasteiger partial charge in [-0.2, -0.15) is 0 Å². The Morgan fingerprint density at radius 1 is 0.963 bits per heavy atom. The molecule has 0 aliphatic carbocycles. The minimum Gasteiger partial charge on any atom is -0.441 e. The summed E-state index contributed by atoms with van der Waals surface area (Å²) in [5.74, 6) is 1.35. The van der Waals surface area contributed by atoms with Gasteiger partial charge in [-0.15, -0.1) is 0 Å². The van der Waals surface area contributed by atoms with Gasteiger partial charge < -0.3 is 4.42 Å². The van der Waals surface area contributed by atoms with Gasteiger partial charge in [0.15, 0.2) is 0 Å². The molecule has 1 N–H and O–H groups in total. The fraction of sp³-hybridized carbons (Fsp3) is 0.286. The van der Waals surface area contributed by atoms with Crippen molar-refractivity contribution < 1.29 is 12.8 Å². The Bertz CT molecular complexity index is 978. The molecule has 142 valence electrons. The van der Waals surface area contributed by atoms with Gasteiger partial charge in [-0.25, -0.2) is 18.1 Å². The second kappa shape index (κ2) is 8.50. The van der Waals surface area contributed by atoms with E-state index in [1.165, 1.54) is 5.56 Å². The summed E-state index contributed by atoms with van der Waals surface area (Å²) in [5.41, 5.74) is 3.87. The zero-order valence-electron chi connectivity index (χ0n) is 15.6. The fourth-order valence-electron chi connectivity index (χ4n) is 2.77. The molecule has 1 aromatic heterocycles. The molecule has 0 unspecified atom stereocenters. The van der Waals surface area contributed by atoms with E-state index in [-0.39, 0.29) is 5.75 Å². The van der Waals surface area contributed by atoms with E-state index in [0.29, 0.717) is 31.0 Å². The van der Waals surface area contributed by atoms with Gasteiger partial charge in [0, 0.05) is 18.5 Å². The SMILES string of the molecule is Cc1ccc(-c2nc(CCNS(=O)(=O)CCc3ccccc3)c(C)o2)cc1. The number of aryl methyl sites for hydroxylation is 3. The Hall–Kier alpha value is -2.44. The average molecular weight is 385 g/mol. The Labute approximate surface area is 160 Å². The minimum absolute atomic E-state index is 0.0728. The van der Waals surface area contributed by atoms with Crippen molar-refractivity contribution in [3.05, 3.63) is 77.2 Å². The third kappa shape index (κ3) is 5.52. The largest absolute Gasteiger partial charge is 0.441 e. The molecule has 0 radical (unpaired) electrons. The summed E-state index contributed by atoms with van der Waals surface area (Å²) in [6, 6.07) is 17.6. The number of nitrogens with one attached hydrogen (secondary N) is 1. The molecular weight excluding hydrogens is 360 g/mol. The van der Waals surface area contributed by atoms with Crippen LogP contribution in [0.25, 0.3) is 11.5 Å². The van der Waals surface area contributed by atoms with Crippen molar-refractivity contribution in [2.45, 2.75) is 26.7 Å². The lowest BCUT2D eigenvalue weighted by Crippen LogP contribution is -2.29. The van der Waals surface area contributed by atoms with Gasteiger partial charge in [-0.1, -0.05) is 48.0 Å². The second-order valence-corrected chi connectivity index (χ2v) is 8.51. The maximum atomic E-state index is 12.2. The van der Waals surface area contributed by atoms with Gasteiger partial charge in [0.1, 0.15) is 5.76 Å². The first-order valence-electron chi connectivity index (χ1n) is 8.97. The zero-order chi connectivity index (χ0) is 19.3. The fourth-order valence-corrected chi connectivity index (χ4v) is 3.84. The Kier molecular flexibility index (Phi) is 6.08. The smallest absolute Gasteiger partial charge is 0.226 e. The maximum absolute atomic E-state index is 12.2. The lowest BCUT2D eigenvalue weighted by atomic mass is 10.1. The molecule has 0 fully saturated rings. The lowest BCUT2D eigenvalue weighted by Gasteiger charge is -2.06. The van der Waals surface area contributed by atoms with Crippen LogP contribution in [0.2, 0.25) is 0 Å². The summed E-state index contributed by atoms with van der Waals surface area (Å²) in [6.45, 7) is 4.18. The first kappa shape index (κ1) is 19.3. The molecule has 3 aromatic rings. The van der Waals surface area contributed by atoms with Gasteiger partial charge in [0.05, 0.1) is 11.4 Å². The number of hydrogen-bond acceptors (Lipinski definition) is 4. The van der Waals surface area contributed by atoms with E-state index >= 15 is 0 Å². The van der Waals surface area contributed by atoms with Gasteiger partial charge in [0.25, 0.3) is 0 Å². The summed E-state index contributed by atoms with van der Waals surface area (Å²) >= 11 is 0. The van der Waals surface area contributed by atoms with E-state index in [0.717, 1.165) is 16.8 Å². The van der Waals surface area contributed by atoms with E-state index < -0.39 is 10.0 Å². The van der Waals surface area contributed by atoms with Crippen molar-refractivity contribution in [2.24, 2.45) is 0 Å². The van der Waals surface area contributed by atoms with Crippen LogP contribution in [0, 0.1) is 13.8 Å². The highest BCUT2D eigenvalue weighted by Gasteiger charge is 2.14. The predicted octanol–water partition coefficient (Wildman–Crippen LogP) is 3.66. The van der Waals surface area contributed by atoms with Crippen molar-refractivity contribution in [1.82, 2.24) is 9.71 Å². The standard InChI is InChI=1S/C21H24N2O3S/c1-16-8-10-19(11-9-16)21-23-20(17(2)26-21)12-14-22-27(24,25)15-13-18-6-4-3-5-7-18/h3-11,22H,12-15H2,1-2H3. The first-order chi connectivity index (χ1) is 12.9. The number of hydrogen-bond donors (Lipinski definition) is 1. The number of nitrogens with zero attached hydrogens (tertiary/aromatic N) is 1. The highest BCUT2D eigenvalue weighted by atomic mass is 32.2. The zero-order valence-corrected chi connectivity index (χ0v) is 16.4. The van der Waals surface area contributed by atoms with Crippen LogP contribution in [0.15, 0.2) is 59.0 Å². The molecule has 0 spiro atoms. The van der Waals surface area contributed by atoms with Gasteiger partial charge in [0.2, 0.25) is 15.9 Å². The van der Waals surface area contributed by atoms with E-state index in [4.69, 9.17) is 4.42 Å². The number of rotatable bonds is 8. The van der Waals surface area contributed by atoms with Gasteiger partial charge in [-0.3, -0.25) is 0 Å². The summed E-state index contributed by atoms with van der Waals surface area (Å²) in [7, 11) is -3.32. The molecule has 0 bridgehead atoms. The van der Waals surface area contributed by atoms with Crippen LogP contribution in [-0.4, -0.2) is 25.7 Å². The average Bonchev–Trinajstić information content (AvgIpc) is 3.02. The number of oxazole rings is 1. The van der Waals surface area contributed by atoms with Crippen LogP contribution < -0.4 is 4.72 Å². The van der Waals surface area contributed by atoms with Gasteiger partial charge >= 0.3 is 0 Å². The Balaban J connectivity index is 1.54. The molecule has 1 heterocycles. The first-order valence-corrected chi connectivity index (χ1v) is 10.6. The monoisotopic (exact) mass is 384 g/mol. The van der Waals surface area contributed by atoms with Crippen molar-refractivity contribution >= 4 is 10.0 Å². The van der Waals surface area contributed by atoms with Crippen LogP contribution in [0.4, 0.5) is 0 Å². The highest BCUT2D eigenvalue weighted by molar-refractivity contribution is 7.89. The third-order valence-corrected chi connectivity index (χ3v) is 5.76. The Morgan fingerprint density at radius 2 is 1.67 bits per heavy atom. The normalized spacial score (nSPS) is 11.6. The predicted molar refractivity (Wildman–Crippen MR) is 107 cm³/mol. The lowest BCUT2D eigenvalue weighted by molar-refractivity contribution is 0.538. The number of benzene rings is 2. The van der Waals surface area contributed by atoms with Crippen LogP contribution in [0.3, 0.4) is 0 Å². The van der Waals surface area contributed by atoms with Crippen molar-refractivity contribution in [2.75, 3.05) is 12.3 Å². The number of sulfonamides is 1. The van der Waals surface area contributed by atoms with Crippen LogP contribution >= 0.6 is 0 Å². The van der Waals surface area contributed by atoms with Gasteiger partial charge in [-0.05, 0) is 38.0 Å². The summed E-state index contributed by atoms with van der Waals surface area (Å²) < 4.78 is 32.8. The van der Waals surface area contributed by atoms with E-state index in [1.807, 2.05) is 68.4 Å². The molecule has 0 amide bonds. The van der Waals surface area contributed by atoms with E-state index in [1.54, 1.807) is 0 Å². The van der Waals surface area contributed by atoms with Crippen molar-refractivity contribution in [3.63, 3.8) is 0 Å². The quantitative estimate of drug-likeness (QED) is 0.643. The van der Waals surface area contributed by atoms with Crippen LogP contribution in [0.5, 0.6) is 0 Å². The highest BCUT2D eigenvalue weighted by Crippen LogP contribution is 2.22. The molecule has 0 saturated heterocycles. The summed E-state index contributed by atoms with van der Waals surface area (Å²) in [6.07, 6.45) is 0.989. The maximum Gasteiger partial charge on any atom is 0.226 e. The molecule has 5 nitrogen and oxygen atoms in total. The molecule has 0 aliphatic heterocycles. The number of aromatic nitrogens is 1. The molecule has 0 saturated carbocycles. The third-order valence-electron chi connectivity index (χ3n) is 4.38. The molecule has 0 atom stereocenters. The van der Waals surface area contributed by atoms with Crippen LogP contribution in [-0.2, 0) is 22.9 Å². The summed E-state index contributed by atoms with van der Waals surface area (Å²) in [4.78, 5) is 4.52. The molecule has 2 aromatic carbocycles. The van der Waals surface area contributed by atoms with Crippen LogP contribution in [0.1, 0.15) is 22.6 Å². The van der Waals surface area contributed by atoms with Crippen molar-refractivity contribution in [1.29, 1.82) is 0 Å². The molecule has 0 aliphatic rings. The Morgan fingerprint density at radius 3 is 2.37 bits per heavy atom. The summed E-state index contributed by atoms with van der Waals surface area (Å²) in [5, 5.41) is 0. The topological polar surface area (TPSA) is 72.2 Å². The minimum atomic E-state index is -3.32. The molecule has 6 heteroatoms. The molecule has 3 rings (SSSR count). The molecular formula is C21H24N2O3S.